The Morgan fingerprint density at radius 2 is 1.64 bits per heavy atom. The number of fused-ring (bicyclic) bond motifs is 1. The molecule has 2 aromatic carbocycles. The molecule has 0 saturated heterocycles. The number of hydrogen-bond donors (Lipinski definition) is 1. The van der Waals surface area contributed by atoms with E-state index in [1.54, 1.807) is 36.1 Å². The number of anilines is 1. The molecule has 0 radical (unpaired) electrons. The van der Waals surface area contributed by atoms with Crippen LogP contribution in [-0.4, -0.2) is 35.5 Å². The van der Waals surface area contributed by atoms with E-state index in [4.69, 9.17) is 0 Å². The molecule has 0 saturated carbocycles. The van der Waals surface area contributed by atoms with E-state index >= 15 is 0 Å². The second-order valence-electron chi connectivity index (χ2n) is 6.90. The maximum absolute atomic E-state index is 12.8. The molecule has 3 rings (SSSR count). The molecule has 1 aliphatic rings. The van der Waals surface area contributed by atoms with Gasteiger partial charge in [-0.15, -0.1) is 0 Å². The Morgan fingerprint density at radius 1 is 1.04 bits per heavy atom. The van der Waals surface area contributed by atoms with Crippen LogP contribution in [0.1, 0.15) is 31.0 Å². The Bertz CT molecular complexity index is 1120. The summed E-state index contributed by atoms with van der Waals surface area (Å²) in [4.78, 5) is 13.6. The van der Waals surface area contributed by atoms with Crippen molar-refractivity contribution in [2.45, 2.75) is 36.1 Å². The Morgan fingerprint density at radius 3 is 2.21 bits per heavy atom. The smallest absolute Gasteiger partial charge is 0.241 e. The zero-order valence-corrected chi connectivity index (χ0v) is 17.5. The fourth-order valence-electron chi connectivity index (χ4n) is 3.24. The molecule has 0 spiro atoms. The van der Waals surface area contributed by atoms with Gasteiger partial charge in [-0.25, -0.2) is 21.6 Å². The summed E-state index contributed by atoms with van der Waals surface area (Å²) in [6.07, 6.45) is 1.73. The van der Waals surface area contributed by atoms with E-state index < -0.39 is 25.9 Å². The molecular formula is C19H22N2O5S2. The van der Waals surface area contributed by atoms with Gasteiger partial charge < -0.3 is 4.90 Å². The van der Waals surface area contributed by atoms with Gasteiger partial charge in [0.2, 0.25) is 15.9 Å². The molecule has 0 fully saturated rings. The minimum atomic E-state index is -3.78. The first-order chi connectivity index (χ1) is 13.0. The van der Waals surface area contributed by atoms with Crippen LogP contribution in [0.4, 0.5) is 5.69 Å². The molecule has 1 N–H and O–H groups in total. The summed E-state index contributed by atoms with van der Waals surface area (Å²) in [5.74, 6) is -0.0707. The molecule has 28 heavy (non-hydrogen) atoms. The molecule has 0 unspecified atom stereocenters. The van der Waals surface area contributed by atoms with Crippen molar-refractivity contribution in [2.75, 3.05) is 17.7 Å². The van der Waals surface area contributed by atoms with Gasteiger partial charge in [0, 0.05) is 31.5 Å². The molecule has 0 aliphatic carbocycles. The molecule has 2 aromatic rings. The van der Waals surface area contributed by atoms with E-state index in [1.807, 2.05) is 0 Å². The summed E-state index contributed by atoms with van der Waals surface area (Å²) in [7, 11) is -7.08. The Hall–Kier alpha value is -2.23. The highest BCUT2D eigenvalue weighted by Crippen LogP contribution is 2.30. The van der Waals surface area contributed by atoms with Gasteiger partial charge in [0.15, 0.2) is 9.84 Å². The van der Waals surface area contributed by atoms with Crippen molar-refractivity contribution in [3.8, 4) is 0 Å². The first kappa shape index (κ1) is 20.5. The van der Waals surface area contributed by atoms with Gasteiger partial charge in [0.25, 0.3) is 0 Å². The van der Waals surface area contributed by atoms with Gasteiger partial charge in [-0.05, 0) is 54.8 Å². The van der Waals surface area contributed by atoms with E-state index in [1.165, 1.54) is 25.1 Å². The molecule has 9 heteroatoms. The van der Waals surface area contributed by atoms with Gasteiger partial charge in [0.05, 0.1) is 9.79 Å². The lowest BCUT2D eigenvalue weighted by Gasteiger charge is -2.17. The molecule has 1 aliphatic heterocycles. The summed E-state index contributed by atoms with van der Waals surface area (Å²) in [6, 6.07) is 10.3. The van der Waals surface area contributed by atoms with E-state index in [0.29, 0.717) is 18.5 Å². The maximum atomic E-state index is 12.8. The zero-order valence-electron chi connectivity index (χ0n) is 15.8. The van der Waals surface area contributed by atoms with Crippen LogP contribution in [0.5, 0.6) is 0 Å². The fourth-order valence-corrected chi connectivity index (χ4v) is 5.16. The van der Waals surface area contributed by atoms with Gasteiger partial charge in [-0.1, -0.05) is 12.1 Å². The third-order valence-electron chi connectivity index (χ3n) is 4.78. The molecule has 1 amide bonds. The summed E-state index contributed by atoms with van der Waals surface area (Å²) < 4.78 is 51.3. The predicted molar refractivity (Wildman–Crippen MR) is 106 cm³/mol. The number of carbonyl (C=O) groups excluding carboxylic acids is 1. The molecule has 1 heterocycles. The molecule has 7 nitrogen and oxygen atoms in total. The van der Waals surface area contributed by atoms with Crippen LogP contribution in [0.25, 0.3) is 0 Å². The van der Waals surface area contributed by atoms with Gasteiger partial charge in [-0.3, -0.25) is 4.79 Å². The van der Waals surface area contributed by atoms with Gasteiger partial charge in [0.1, 0.15) is 0 Å². The van der Waals surface area contributed by atoms with Crippen LogP contribution in [0.3, 0.4) is 0 Å². The van der Waals surface area contributed by atoms with E-state index in [-0.39, 0.29) is 15.7 Å². The molecule has 0 bridgehead atoms. The van der Waals surface area contributed by atoms with Gasteiger partial charge >= 0.3 is 0 Å². The summed E-state index contributed by atoms with van der Waals surface area (Å²) in [5, 5.41) is 0. The van der Waals surface area contributed by atoms with Crippen LogP contribution in [0, 0.1) is 0 Å². The van der Waals surface area contributed by atoms with Crippen molar-refractivity contribution < 1.29 is 21.6 Å². The lowest BCUT2D eigenvalue weighted by atomic mass is 10.1. The van der Waals surface area contributed by atoms with Crippen molar-refractivity contribution >= 4 is 31.5 Å². The lowest BCUT2D eigenvalue weighted by Crippen LogP contribution is -2.27. The zero-order chi connectivity index (χ0) is 20.7. The number of sulfone groups is 1. The Labute approximate surface area is 165 Å². The van der Waals surface area contributed by atoms with Crippen LogP contribution in [-0.2, 0) is 31.1 Å². The summed E-state index contributed by atoms with van der Waals surface area (Å²) in [5.41, 5.74) is 2.22. The number of rotatable bonds is 5. The number of nitrogens with one attached hydrogen (secondary N) is 1. The number of sulfonamides is 1. The first-order valence-corrected chi connectivity index (χ1v) is 12.1. The molecular weight excluding hydrogens is 400 g/mol. The lowest BCUT2D eigenvalue weighted by molar-refractivity contribution is -0.116. The molecule has 0 aromatic heterocycles. The number of nitrogens with zero attached hydrogens (tertiary/aromatic N) is 1. The topological polar surface area (TPSA) is 101 Å². The quantitative estimate of drug-likeness (QED) is 0.795. The number of amides is 1. The van der Waals surface area contributed by atoms with Crippen LogP contribution >= 0.6 is 0 Å². The van der Waals surface area contributed by atoms with E-state index in [9.17, 15) is 21.6 Å². The maximum Gasteiger partial charge on any atom is 0.241 e. The highest BCUT2D eigenvalue weighted by molar-refractivity contribution is 7.90. The fraction of sp³-hybridized carbons (Fsp3) is 0.316. The van der Waals surface area contributed by atoms with Crippen LogP contribution in [0.2, 0.25) is 0 Å². The standard InChI is InChI=1S/C19H22N2O5S2/c1-13(15-4-6-17(7-5-15)27(3,23)24)20-28(25,26)18-8-9-19-16(12-18)10-11-21(19)14(2)22/h4-9,12-13,20H,10-11H2,1-3H3/t13-/m0/s1. The van der Waals surface area contributed by atoms with Gasteiger partial charge in [-0.2, -0.15) is 0 Å². The third-order valence-corrected chi connectivity index (χ3v) is 7.44. The number of benzene rings is 2. The largest absolute Gasteiger partial charge is 0.312 e. The average molecular weight is 423 g/mol. The van der Waals surface area contributed by atoms with E-state index in [2.05, 4.69) is 4.72 Å². The van der Waals surface area contributed by atoms with Crippen molar-refractivity contribution in [3.05, 3.63) is 53.6 Å². The Balaban J connectivity index is 1.81. The predicted octanol–water partition coefficient (Wildman–Crippen LogP) is 2.04. The molecule has 150 valence electrons. The normalized spacial score (nSPS) is 15.3. The first-order valence-electron chi connectivity index (χ1n) is 8.72. The average Bonchev–Trinajstić information content (AvgIpc) is 3.04. The minimum absolute atomic E-state index is 0.0707. The Kier molecular flexibility index (Phi) is 5.35. The second kappa shape index (κ2) is 7.31. The monoisotopic (exact) mass is 422 g/mol. The highest BCUT2D eigenvalue weighted by Gasteiger charge is 2.25. The number of carbonyl (C=O) groups is 1. The summed E-state index contributed by atoms with van der Waals surface area (Å²) >= 11 is 0. The van der Waals surface area contributed by atoms with Crippen molar-refractivity contribution in [1.82, 2.24) is 4.72 Å². The second-order valence-corrected chi connectivity index (χ2v) is 10.6. The van der Waals surface area contributed by atoms with E-state index in [0.717, 1.165) is 17.5 Å². The highest BCUT2D eigenvalue weighted by atomic mass is 32.2. The van der Waals surface area contributed by atoms with Crippen molar-refractivity contribution in [2.24, 2.45) is 0 Å². The van der Waals surface area contributed by atoms with Crippen LogP contribution in [0.15, 0.2) is 52.3 Å². The SMILES string of the molecule is CC(=O)N1CCc2cc(S(=O)(=O)N[C@@H](C)c3ccc(S(C)(=O)=O)cc3)ccc21. The van der Waals surface area contributed by atoms with Crippen LogP contribution < -0.4 is 9.62 Å². The minimum Gasteiger partial charge on any atom is -0.312 e. The van der Waals surface area contributed by atoms with Crippen molar-refractivity contribution in [3.63, 3.8) is 0 Å². The summed E-state index contributed by atoms with van der Waals surface area (Å²) in [6.45, 7) is 3.72. The third kappa shape index (κ3) is 4.11. The number of hydrogen-bond acceptors (Lipinski definition) is 5. The van der Waals surface area contributed by atoms with Crippen molar-refractivity contribution in [1.29, 1.82) is 0 Å². The molecule has 1 atom stereocenters.